The number of aliphatic hydroxyl groups excluding tert-OH is 1. The highest BCUT2D eigenvalue weighted by molar-refractivity contribution is 5.97. The van der Waals surface area contributed by atoms with Gasteiger partial charge in [-0.3, -0.25) is 15.0 Å². The molecule has 0 aliphatic carbocycles. The molecule has 2 saturated heterocycles. The number of nitrogens with zero attached hydrogens (tertiary/aromatic N) is 1. The van der Waals surface area contributed by atoms with E-state index < -0.39 is 55.0 Å². The zero-order chi connectivity index (χ0) is 23.4. The van der Waals surface area contributed by atoms with Crippen molar-refractivity contribution in [2.45, 2.75) is 31.0 Å². The minimum Gasteiger partial charge on any atom is -0.452 e. The standard InChI is InChI=1S/C23H22N2O8/c26-13-16-18(32-21(28)14-7-3-1-4-8-14)19(33-22(29)15-9-5-2-6-10-15)20(31-16)25-12-11-17(27)24-23(25)30/h1-10,16,18-20,26H,11-13H2,(H,24,27,30)/t16-,18-,19-,20-/m1/s1. The Bertz CT molecular complexity index is 1030. The number of carbonyl (C=O) groups excluding carboxylic acids is 4. The third kappa shape index (κ3) is 4.86. The molecule has 0 bridgehead atoms. The number of hydrogen-bond acceptors (Lipinski definition) is 8. The van der Waals surface area contributed by atoms with E-state index in [0.29, 0.717) is 0 Å². The SMILES string of the molecule is O=C1CCN([C@@H]2O[C@H](CO)[C@@H](OC(=O)c3ccccc3)[C@H]2OC(=O)c2ccccc2)C(=O)N1. The molecule has 2 aliphatic rings. The molecule has 2 fully saturated rings. The Hall–Kier alpha value is -3.76. The predicted molar refractivity (Wildman–Crippen MR) is 112 cm³/mol. The van der Waals surface area contributed by atoms with E-state index in [1.807, 2.05) is 0 Å². The first-order valence-corrected chi connectivity index (χ1v) is 10.4. The summed E-state index contributed by atoms with van der Waals surface area (Å²) in [5, 5.41) is 12.1. The van der Waals surface area contributed by atoms with Gasteiger partial charge in [0, 0.05) is 13.0 Å². The zero-order valence-corrected chi connectivity index (χ0v) is 17.5. The summed E-state index contributed by atoms with van der Waals surface area (Å²) in [6.45, 7) is -0.552. The van der Waals surface area contributed by atoms with Gasteiger partial charge in [0.2, 0.25) is 5.91 Å². The Morgan fingerprint density at radius 1 is 0.939 bits per heavy atom. The van der Waals surface area contributed by atoms with Crippen molar-refractivity contribution in [1.29, 1.82) is 0 Å². The second-order valence-corrected chi connectivity index (χ2v) is 7.52. The fourth-order valence-electron chi connectivity index (χ4n) is 3.73. The number of aliphatic hydroxyl groups is 1. The summed E-state index contributed by atoms with van der Waals surface area (Å²) < 4.78 is 17.1. The maximum Gasteiger partial charge on any atom is 0.338 e. The van der Waals surface area contributed by atoms with E-state index in [2.05, 4.69) is 5.32 Å². The molecule has 0 spiro atoms. The highest BCUT2D eigenvalue weighted by atomic mass is 16.6. The Morgan fingerprint density at radius 3 is 2.00 bits per heavy atom. The molecule has 2 aliphatic heterocycles. The molecule has 3 amide bonds. The molecule has 10 heteroatoms. The molecule has 0 aromatic heterocycles. The minimum absolute atomic E-state index is 0.00617. The average Bonchev–Trinajstić information content (AvgIpc) is 3.16. The third-order valence-electron chi connectivity index (χ3n) is 5.36. The smallest absolute Gasteiger partial charge is 0.338 e. The second-order valence-electron chi connectivity index (χ2n) is 7.52. The zero-order valence-electron chi connectivity index (χ0n) is 17.5. The van der Waals surface area contributed by atoms with Gasteiger partial charge in [-0.2, -0.15) is 0 Å². The second kappa shape index (κ2) is 9.80. The van der Waals surface area contributed by atoms with Gasteiger partial charge in [-0.25, -0.2) is 14.4 Å². The summed E-state index contributed by atoms with van der Waals surface area (Å²) in [7, 11) is 0. The number of nitrogens with one attached hydrogen (secondary N) is 1. The molecule has 2 N–H and O–H groups in total. The van der Waals surface area contributed by atoms with Gasteiger partial charge in [-0.05, 0) is 24.3 Å². The van der Waals surface area contributed by atoms with Crippen molar-refractivity contribution in [1.82, 2.24) is 10.2 Å². The molecule has 4 rings (SSSR count). The predicted octanol–water partition coefficient (Wildman–Crippen LogP) is 1.10. The lowest BCUT2D eigenvalue weighted by molar-refractivity contribution is -0.125. The van der Waals surface area contributed by atoms with Gasteiger partial charge < -0.3 is 19.3 Å². The number of amides is 3. The van der Waals surface area contributed by atoms with E-state index in [1.54, 1.807) is 60.7 Å². The maximum atomic E-state index is 12.8. The third-order valence-corrected chi connectivity index (χ3v) is 5.36. The molecule has 2 aromatic rings. The van der Waals surface area contributed by atoms with Crippen molar-refractivity contribution in [3.05, 3.63) is 71.8 Å². The number of urea groups is 1. The first-order valence-electron chi connectivity index (χ1n) is 10.4. The van der Waals surface area contributed by atoms with Crippen LogP contribution in [0, 0.1) is 0 Å². The largest absolute Gasteiger partial charge is 0.452 e. The highest BCUT2D eigenvalue weighted by Crippen LogP contribution is 2.31. The number of esters is 2. The lowest BCUT2D eigenvalue weighted by Crippen LogP contribution is -2.57. The van der Waals surface area contributed by atoms with E-state index in [-0.39, 0.29) is 24.1 Å². The number of imide groups is 1. The summed E-state index contributed by atoms with van der Waals surface area (Å²) in [4.78, 5) is 50.7. The molecule has 172 valence electrons. The van der Waals surface area contributed by atoms with E-state index >= 15 is 0 Å². The first-order chi connectivity index (χ1) is 16.0. The Kier molecular flexibility index (Phi) is 6.66. The molecule has 2 heterocycles. The van der Waals surface area contributed by atoms with Crippen molar-refractivity contribution in [2.24, 2.45) is 0 Å². The molecule has 0 unspecified atom stereocenters. The van der Waals surface area contributed by atoms with Gasteiger partial charge in [-0.15, -0.1) is 0 Å². The molecule has 4 atom stereocenters. The Labute approximate surface area is 189 Å². The van der Waals surface area contributed by atoms with E-state index in [0.717, 1.165) is 0 Å². The Morgan fingerprint density at radius 2 is 1.48 bits per heavy atom. The number of carbonyl (C=O) groups is 4. The van der Waals surface area contributed by atoms with Gasteiger partial charge in [0.1, 0.15) is 6.10 Å². The number of rotatable bonds is 6. The summed E-state index contributed by atoms with van der Waals surface area (Å²) >= 11 is 0. The van der Waals surface area contributed by atoms with Crippen LogP contribution in [0.4, 0.5) is 4.79 Å². The van der Waals surface area contributed by atoms with Crippen LogP contribution in [0.5, 0.6) is 0 Å². The van der Waals surface area contributed by atoms with Crippen molar-refractivity contribution < 1.29 is 38.5 Å². The number of benzene rings is 2. The average molecular weight is 454 g/mol. The van der Waals surface area contributed by atoms with Crippen LogP contribution in [-0.4, -0.2) is 71.6 Å². The minimum atomic E-state index is -1.25. The van der Waals surface area contributed by atoms with Gasteiger partial charge in [0.15, 0.2) is 18.4 Å². The van der Waals surface area contributed by atoms with Crippen LogP contribution in [0.15, 0.2) is 60.7 Å². The van der Waals surface area contributed by atoms with Crippen LogP contribution < -0.4 is 5.32 Å². The van der Waals surface area contributed by atoms with E-state index in [4.69, 9.17) is 14.2 Å². The lowest BCUT2D eigenvalue weighted by atomic mass is 10.1. The van der Waals surface area contributed by atoms with E-state index in [9.17, 15) is 24.3 Å². The van der Waals surface area contributed by atoms with Crippen LogP contribution in [-0.2, 0) is 19.0 Å². The number of hydrogen-bond donors (Lipinski definition) is 2. The molecule has 2 aromatic carbocycles. The molecule has 0 saturated carbocycles. The fourth-order valence-corrected chi connectivity index (χ4v) is 3.73. The summed E-state index contributed by atoms with van der Waals surface area (Å²) in [5.74, 6) is -1.87. The molecular weight excluding hydrogens is 432 g/mol. The Balaban J connectivity index is 1.62. The van der Waals surface area contributed by atoms with Crippen molar-refractivity contribution >= 4 is 23.9 Å². The number of ether oxygens (including phenoxy) is 3. The maximum absolute atomic E-state index is 12.8. The van der Waals surface area contributed by atoms with Gasteiger partial charge >= 0.3 is 18.0 Å². The van der Waals surface area contributed by atoms with Gasteiger partial charge in [-0.1, -0.05) is 36.4 Å². The summed E-state index contributed by atoms with van der Waals surface area (Å²) in [6, 6.07) is 15.6. The first kappa shape index (κ1) is 22.4. The van der Waals surface area contributed by atoms with Crippen LogP contribution in [0.3, 0.4) is 0 Å². The van der Waals surface area contributed by atoms with Crippen molar-refractivity contribution in [3.63, 3.8) is 0 Å². The summed E-state index contributed by atoms with van der Waals surface area (Å²) in [6.07, 6.45) is -4.69. The van der Waals surface area contributed by atoms with Crippen molar-refractivity contribution in [3.8, 4) is 0 Å². The topological polar surface area (TPSA) is 131 Å². The highest BCUT2D eigenvalue weighted by Gasteiger charge is 2.53. The van der Waals surface area contributed by atoms with Crippen LogP contribution >= 0.6 is 0 Å². The van der Waals surface area contributed by atoms with Crippen LogP contribution in [0.2, 0.25) is 0 Å². The molecule has 0 radical (unpaired) electrons. The molecular formula is C23H22N2O8. The molecule has 10 nitrogen and oxygen atoms in total. The molecule has 33 heavy (non-hydrogen) atoms. The van der Waals surface area contributed by atoms with Gasteiger partial charge in [0.25, 0.3) is 0 Å². The monoisotopic (exact) mass is 454 g/mol. The normalized spacial score (nSPS) is 24.8. The van der Waals surface area contributed by atoms with Crippen molar-refractivity contribution in [2.75, 3.05) is 13.2 Å². The van der Waals surface area contributed by atoms with Crippen LogP contribution in [0.25, 0.3) is 0 Å². The summed E-state index contributed by atoms with van der Waals surface area (Å²) in [5.41, 5.74) is 0.502. The quantitative estimate of drug-likeness (QED) is 0.621. The van der Waals surface area contributed by atoms with E-state index in [1.165, 1.54) is 4.90 Å². The van der Waals surface area contributed by atoms with Gasteiger partial charge in [0.05, 0.1) is 17.7 Å². The lowest BCUT2D eigenvalue weighted by Gasteiger charge is -2.34. The van der Waals surface area contributed by atoms with Crippen LogP contribution in [0.1, 0.15) is 27.1 Å². The fraction of sp³-hybridized carbons (Fsp3) is 0.304.